The molecule has 0 radical (unpaired) electrons. The summed E-state index contributed by atoms with van der Waals surface area (Å²) >= 11 is 0. The van der Waals surface area contributed by atoms with Gasteiger partial charge in [0.15, 0.2) is 12.6 Å². The standard InChI is InChI=1S/C14H14O6/c1-3-19-13(17)11-5-9(7-15)10(8-16)6-12(11)14(18)20-4-2/h5-8H,3-4H2,1-2H3. The zero-order valence-corrected chi connectivity index (χ0v) is 11.2. The van der Waals surface area contributed by atoms with Crippen LogP contribution in [0, 0.1) is 0 Å². The van der Waals surface area contributed by atoms with Crippen LogP contribution in [0.1, 0.15) is 55.3 Å². The maximum Gasteiger partial charge on any atom is 0.339 e. The summed E-state index contributed by atoms with van der Waals surface area (Å²) < 4.78 is 9.64. The van der Waals surface area contributed by atoms with E-state index < -0.39 is 11.9 Å². The first-order valence-electron chi connectivity index (χ1n) is 6.01. The van der Waals surface area contributed by atoms with Gasteiger partial charge in [-0.2, -0.15) is 0 Å². The molecule has 0 atom stereocenters. The largest absolute Gasteiger partial charge is 0.462 e. The number of hydrogen-bond donors (Lipinski definition) is 0. The molecule has 1 aromatic rings. The van der Waals surface area contributed by atoms with Crippen molar-refractivity contribution in [2.75, 3.05) is 13.2 Å². The van der Waals surface area contributed by atoms with E-state index in [0.29, 0.717) is 12.6 Å². The number of aldehydes is 2. The number of rotatable bonds is 6. The number of esters is 2. The highest BCUT2D eigenvalue weighted by Gasteiger charge is 2.22. The van der Waals surface area contributed by atoms with Crippen LogP contribution in [0.15, 0.2) is 12.1 Å². The van der Waals surface area contributed by atoms with E-state index in [1.807, 2.05) is 0 Å². The topological polar surface area (TPSA) is 86.7 Å². The molecule has 0 aromatic heterocycles. The summed E-state index contributed by atoms with van der Waals surface area (Å²) in [5, 5.41) is 0. The highest BCUT2D eigenvalue weighted by molar-refractivity contribution is 6.06. The Balaban J connectivity index is 3.43. The van der Waals surface area contributed by atoms with Crippen molar-refractivity contribution in [3.8, 4) is 0 Å². The Kier molecular flexibility index (Phi) is 5.58. The molecule has 20 heavy (non-hydrogen) atoms. The second-order valence-corrected chi connectivity index (χ2v) is 3.70. The maximum atomic E-state index is 11.8. The lowest BCUT2D eigenvalue weighted by molar-refractivity contribution is 0.0478. The van der Waals surface area contributed by atoms with Crippen molar-refractivity contribution in [3.63, 3.8) is 0 Å². The van der Waals surface area contributed by atoms with Gasteiger partial charge in [0.1, 0.15) is 0 Å². The smallest absolute Gasteiger partial charge is 0.339 e. The van der Waals surface area contributed by atoms with Crippen LogP contribution in [0.5, 0.6) is 0 Å². The normalized spacial score (nSPS) is 9.70. The number of ether oxygens (including phenoxy) is 2. The van der Waals surface area contributed by atoms with Crippen LogP contribution in [0.3, 0.4) is 0 Å². The molecule has 106 valence electrons. The van der Waals surface area contributed by atoms with Crippen molar-refractivity contribution < 1.29 is 28.7 Å². The lowest BCUT2D eigenvalue weighted by Gasteiger charge is -2.10. The Morgan fingerprint density at radius 3 is 1.50 bits per heavy atom. The van der Waals surface area contributed by atoms with Gasteiger partial charge in [-0.3, -0.25) is 9.59 Å². The minimum absolute atomic E-state index is 0.0103. The van der Waals surface area contributed by atoms with Gasteiger partial charge in [-0.15, -0.1) is 0 Å². The molecule has 0 heterocycles. The lowest BCUT2D eigenvalue weighted by atomic mass is 9.99. The second kappa shape index (κ2) is 7.18. The number of carbonyl (C=O) groups excluding carboxylic acids is 4. The van der Waals surface area contributed by atoms with Gasteiger partial charge in [-0.05, 0) is 26.0 Å². The van der Waals surface area contributed by atoms with E-state index in [9.17, 15) is 19.2 Å². The Labute approximate surface area is 115 Å². The Hall–Kier alpha value is -2.50. The van der Waals surface area contributed by atoms with Gasteiger partial charge >= 0.3 is 11.9 Å². The van der Waals surface area contributed by atoms with Gasteiger partial charge in [0.2, 0.25) is 0 Å². The fourth-order valence-electron chi connectivity index (χ4n) is 1.59. The molecule has 0 fully saturated rings. The maximum absolute atomic E-state index is 11.8. The van der Waals surface area contributed by atoms with Crippen LogP contribution in [-0.4, -0.2) is 37.7 Å². The molecule has 0 aliphatic heterocycles. The third kappa shape index (κ3) is 3.28. The van der Waals surface area contributed by atoms with Crippen LogP contribution >= 0.6 is 0 Å². The zero-order chi connectivity index (χ0) is 15.1. The van der Waals surface area contributed by atoms with Crippen molar-refractivity contribution in [1.29, 1.82) is 0 Å². The van der Waals surface area contributed by atoms with Crippen LogP contribution in [-0.2, 0) is 9.47 Å². The van der Waals surface area contributed by atoms with E-state index in [2.05, 4.69) is 0 Å². The zero-order valence-electron chi connectivity index (χ0n) is 11.2. The molecular weight excluding hydrogens is 264 g/mol. The van der Waals surface area contributed by atoms with Gasteiger partial charge in [-0.1, -0.05) is 0 Å². The first-order chi connectivity index (χ1) is 9.58. The van der Waals surface area contributed by atoms with Crippen LogP contribution < -0.4 is 0 Å². The van der Waals surface area contributed by atoms with Crippen molar-refractivity contribution >= 4 is 24.5 Å². The van der Waals surface area contributed by atoms with Gasteiger partial charge in [0.05, 0.1) is 24.3 Å². The molecule has 0 unspecified atom stereocenters. The minimum Gasteiger partial charge on any atom is -0.462 e. The summed E-state index contributed by atoms with van der Waals surface area (Å²) in [5.41, 5.74) is -0.178. The summed E-state index contributed by atoms with van der Waals surface area (Å²) in [5.74, 6) is -1.51. The minimum atomic E-state index is -0.754. The SMILES string of the molecule is CCOC(=O)c1cc(C=O)c(C=O)cc1C(=O)OCC. The highest BCUT2D eigenvalue weighted by atomic mass is 16.5. The quantitative estimate of drug-likeness (QED) is 0.581. The molecule has 6 heteroatoms. The molecule has 0 saturated carbocycles. The molecule has 0 saturated heterocycles. The van der Waals surface area contributed by atoms with Gasteiger partial charge < -0.3 is 9.47 Å². The molecule has 0 bridgehead atoms. The molecule has 6 nitrogen and oxygen atoms in total. The number of benzene rings is 1. The van der Waals surface area contributed by atoms with E-state index in [1.54, 1.807) is 13.8 Å². The van der Waals surface area contributed by atoms with E-state index >= 15 is 0 Å². The number of hydrogen-bond acceptors (Lipinski definition) is 6. The van der Waals surface area contributed by atoms with Crippen molar-refractivity contribution in [3.05, 3.63) is 34.4 Å². The highest BCUT2D eigenvalue weighted by Crippen LogP contribution is 2.18. The van der Waals surface area contributed by atoms with Crippen LogP contribution in [0.2, 0.25) is 0 Å². The van der Waals surface area contributed by atoms with Gasteiger partial charge in [0.25, 0.3) is 0 Å². The molecule has 0 amide bonds. The van der Waals surface area contributed by atoms with Crippen molar-refractivity contribution in [1.82, 2.24) is 0 Å². The van der Waals surface area contributed by atoms with Crippen molar-refractivity contribution in [2.24, 2.45) is 0 Å². The lowest BCUT2D eigenvalue weighted by Crippen LogP contribution is -2.15. The predicted molar refractivity (Wildman–Crippen MR) is 69.1 cm³/mol. The first kappa shape index (κ1) is 15.6. The Morgan fingerprint density at radius 1 is 0.900 bits per heavy atom. The van der Waals surface area contributed by atoms with Crippen molar-refractivity contribution in [2.45, 2.75) is 13.8 Å². The summed E-state index contributed by atoms with van der Waals surface area (Å²) in [4.78, 5) is 45.4. The second-order valence-electron chi connectivity index (χ2n) is 3.70. The molecule has 0 spiro atoms. The summed E-state index contributed by atoms with van der Waals surface area (Å²) in [7, 11) is 0. The van der Waals surface area contributed by atoms with Gasteiger partial charge in [-0.25, -0.2) is 9.59 Å². The third-order valence-electron chi connectivity index (χ3n) is 2.47. The average molecular weight is 278 g/mol. The molecule has 1 rings (SSSR count). The molecular formula is C14H14O6. The van der Waals surface area contributed by atoms with Gasteiger partial charge in [0, 0.05) is 11.1 Å². The van der Waals surface area contributed by atoms with E-state index in [1.165, 1.54) is 0 Å². The summed E-state index contributed by atoms with van der Waals surface area (Å²) in [6.45, 7) is 3.46. The Morgan fingerprint density at radius 2 is 1.25 bits per heavy atom. The van der Waals surface area contributed by atoms with E-state index in [4.69, 9.17) is 9.47 Å². The summed E-state index contributed by atoms with van der Waals surface area (Å²) in [6, 6.07) is 2.31. The fraction of sp³-hybridized carbons (Fsp3) is 0.286. The first-order valence-corrected chi connectivity index (χ1v) is 6.01. The molecule has 0 aliphatic carbocycles. The Bertz CT molecular complexity index is 498. The monoisotopic (exact) mass is 278 g/mol. The third-order valence-corrected chi connectivity index (χ3v) is 2.47. The predicted octanol–water partition coefficient (Wildman–Crippen LogP) is 1.67. The molecule has 0 N–H and O–H groups in total. The van der Waals surface area contributed by atoms with E-state index in [0.717, 1.165) is 12.1 Å². The average Bonchev–Trinajstić information content (AvgIpc) is 2.46. The van der Waals surface area contributed by atoms with Crippen LogP contribution in [0.4, 0.5) is 0 Å². The number of carbonyl (C=O) groups is 4. The van der Waals surface area contributed by atoms with Crippen LogP contribution in [0.25, 0.3) is 0 Å². The van der Waals surface area contributed by atoms with E-state index in [-0.39, 0.29) is 35.5 Å². The summed E-state index contributed by atoms with van der Waals surface area (Å²) in [6.07, 6.45) is 0.864. The molecule has 0 aliphatic rings. The molecule has 1 aromatic carbocycles. The fourth-order valence-corrected chi connectivity index (χ4v) is 1.59.